The van der Waals surface area contributed by atoms with Crippen LogP contribution in [0, 0.1) is 17.8 Å². The van der Waals surface area contributed by atoms with E-state index in [1.165, 1.54) is 13.0 Å². The van der Waals surface area contributed by atoms with Crippen LogP contribution in [0.5, 0.6) is 0 Å². The number of allylic oxidation sites excluding steroid dienone is 10. The van der Waals surface area contributed by atoms with Gasteiger partial charge >= 0.3 is 11.9 Å². The zero-order chi connectivity index (χ0) is 48.8. The van der Waals surface area contributed by atoms with E-state index in [1.807, 2.05) is 43.4 Å². The first-order valence-corrected chi connectivity index (χ1v) is 22.4. The SMILES string of the molecule is C[C@H]1[C@@H](O)[C@@H](C)/C=C/C=C\CC\C=C/C=C/C=C/C=C\[C@H](O[C@@H]2O[C@H](C)[C@@H](O)[C@H](N)[C@@H]2O)C[C@H](O)[C@@H](C(=O)O)[C@@H](O)CC(=O)C[C@H](O)[C@H](O)CC[C@H](O)C[C@H](O)C[C@@H](O)CC(=O)O[C@@H]1C. The summed E-state index contributed by atoms with van der Waals surface area (Å²) in [5, 5.41) is 116. The standard InChI is InChI=1S/C47H75NO17/c1-27-17-15-13-11-9-7-5-6-8-10-12-14-16-18-35(65-47-45(60)42(48)44(59)30(4)64-47)26-39(56)41(46(61)62)38(55)24-34(52)23-37(54)36(53)20-19-31(49)21-32(50)22-33(51)25-40(57)63-29(3)28(2)43(27)58/h5-6,8,10-18,27-33,35-39,41-45,47,49-51,53-56,58-60H,7,9,19-26,48H2,1-4H3,(H,61,62)/b6-5-,10-8+,13-11-,14-12+,17-15+,18-16-/t27-,28+,29+,30+,31-,32-,33+,35-,36+,37-,38-,39-,41-,42-,43-,44+,45-,47-/m0/s1. The largest absolute Gasteiger partial charge is 0.481 e. The third-order valence-corrected chi connectivity index (χ3v) is 11.7. The summed E-state index contributed by atoms with van der Waals surface area (Å²) in [5.74, 6) is -5.88. The molecule has 18 heteroatoms. The molecule has 370 valence electrons. The molecule has 0 aromatic rings. The maximum Gasteiger partial charge on any atom is 0.311 e. The number of ketones is 1. The maximum absolute atomic E-state index is 12.9. The van der Waals surface area contributed by atoms with Crippen molar-refractivity contribution >= 4 is 17.7 Å². The van der Waals surface area contributed by atoms with E-state index in [2.05, 4.69) is 0 Å². The Hall–Kier alpha value is -3.47. The van der Waals surface area contributed by atoms with E-state index in [-0.39, 0.29) is 31.6 Å². The number of aliphatic hydroxyl groups excluding tert-OH is 10. The Labute approximate surface area is 381 Å². The fourth-order valence-electron chi connectivity index (χ4n) is 7.45. The first-order valence-electron chi connectivity index (χ1n) is 22.4. The molecule has 1 saturated heterocycles. The minimum absolute atomic E-state index is 0.144. The first-order chi connectivity index (χ1) is 30.6. The van der Waals surface area contributed by atoms with Crippen molar-refractivity contribution in [2.24, 2.45) is 23.5 Å². The van der Waals surface area contributed by atoms with Crippen molar-refractivity contribution in [2.75, 3.05) is 0 Å². The summed E-state index contributed by atoms with van der Waals surface area (Å²) in [6.45, 7) is 6.73. The number of nitrogens with two attached hydrogens (primary N) is 1. The summed E-state index contributed by atoms with van der Waals surface area (Å²) >= 11 is 0. The fourth-order valence-corrected chi connectivity index (χ4v) is 7.45. The van der Waals surface area contributed by atoms with E-state index >= 15 is 0 Å². The van der Waals surface area contributed by atoms with Crippen LogP contribution in [-0.4, -0.2) is 166 Å². The average Bonchev–Trinajstić information content (AvgIpc) is 3.22. The zero-order valence-corrected chi connectivity index (χ0v) is 37.8. The van der Waals surface area contributed by atoms with Crippen LogP contribution in [0.1, 0.15) is 91.9 Å². The highest BCUT2D eigenvalue weighted by Crippen LogP contribution is 2.26. The van der Waals surface area contributed by atoms with Crippen molar-refractivity contribution in [3.8, 4) is 0 Å². The predicted molar refractivity (Wildman–Crippen MR) is 238 cm³/mol. The summed E-state index contributed by atoms with van der Waals surface area (Å²) in [5.41, 5.74) is 5.96. The molecule has 2 aliphatic rings. The van der Waals surface area contributed by atoms with Gasteiger partial charge in [0.2, 0.25) is 0 Å². The second-order valence-electron chi connectivity index (χ2n) is 17.4. The number of hydrogen-bond acceptors (Lipinski definition) is 17. The van der Waals surface area contributed by atoms with Gasteiger partial charge < -0.3 is 76.1 Å². The second kappa shape index (κ2) is 30.0. The molecule has 0 spiro atoms. The van der Waals surface area contributed by atoms with E-state index < -0.39 is 147 Å². The van der Waals surface area contributed by atoms with Gasteiger partial charge in [-0.05, 0) is 52.4 Å². The zero-order valence-electron chi connectivity index (χ0n) is 37.8. The lowest BCUT2D eigenvalue weighted by molar-refractivity contribution is -0.277. The topological polar surface area (TPSA) is 327 Å². The smallest absolute Gasteiger partial charge is 0.311 e. The number of rotatable bonds is 3. The summed E-state index contributed by atoms with van der Waals surface area (Å²) in [6, 6.07) is -1.15. The molecule has 0 unspecified atom stereocenters. The van der Waals surface area contributed by atoms with Crippen molar-refractivity contribution in [3.63, 3.8) is 0 Å². The van der Waals surface area contributed by atoms with E-state index in [0.717, 1.165) is 12.8 Å². The molecule has 18 atom stereocenters. The molecule has 13 N–H and O–H groups in total. The van der Waals surface area contributed by atoms with E-state index in [9.17, 15) is 70.6 Å². The van der Waals surface area contributed by atoms with E-state index in [0.29, 0.717) is 0 Å². The van der Waals surface area contributed by atoms with Gasteiger partial charge in [0.05, 0.1) is 79.6 Å². The number of cyclic esters (lactones) is 1. The Morgan fingerprint density at radius 1 is 0.615 bits per heavy atom. The Bertz CT molecular complexity index is 1600. The van der Waals surface area contributed by atoms with Crippen LogP contribution in [-0.2, 0) is 28.6 Å². The molecule has 65 heavy (non-hydrogen) atoms. The van der Waals surface area contributed by atoms with Crippen LogP contribution in [0.15, 0.2) is 72.9 Å². The lowest BCUT2D eigenvalue weighted by Gasteiger charge is -2.41. The molecule has 0 amide bonds. The lowest BCUT2D eigenvalue weighted by atomic mass is 9.88. The van der Waals surface area contributed by atoms with Gasteiger partial charge in [0.1, 0.15) is 23.9 Å². The van der Waals surface area contributed by atoms with Crippen LogP contribution in [0.4, 0.5) is 0 Å². The number of carboxylic acid groups (broad SMARTS) is 1. The molecule has 0 aromatic carbocycles. The van der Waals surface area contributed by atoms with Gasteiger partial charge in [-0.1, -0.05) is 86.8 Å². The minimum Gasteiger partial charge on any atom is -0.481 e. The number of esters is 1. The summed E-state index contributed by atoms with van der Waals surface area (Å²) in [4.78, 5) is 37.8. The molecule has 2 rings (SSSR count). The number of aliphatic hydroxyl groups is 10. The normalized spacial score (nSPS) is 42.5. The van der Waals surface area contributed by atoms with Crippen LogP contribution in [0.2, 0.25) is 0 Å². The van der Waals surface area contributed by atoms with Crippen molar-refractivity contribution in [1.82, 2.24) is 0 Å². The maximum atomic E-state index is 12.9. The van der Waals surface area contributed by atoms with Gasteiger partial charge in [0.15, 0.2) is 6.29 Å². The number of hydrogen-bond donors (Lipinski definition) is 12. The van der Waals surface area contributed by atoms with Crippen molar-refractivity contribution in [3.05, 3.63) is 72.9 Å². The van der Waals surface area contributed by atoms with Crippen molar-refractivity contribution in [1.29, 1.82) is 0 Å². The number of carboxylic acids is 1. The lowest BCUT2D eigenvalue weighted by Crippen LogP contribution is -2.61. The molecular weight excluding hydrogens is 851 g/mol. The number of aliphatic carboxylic acids is 1. The number of Topliss-reactive ketones (excluding diaryl/α,β-unsaturated/α-hetero) is 1. The van der Waals surface area contributed by atoms with Gasteiger partial charge in [-0.15, -0.1) is 0 Å². The van der Waals surface area contributed by atoms with E-state index in [1.54, 1.807) is 44.2 Å². The first kappa shape index (κ1) is 57.7. The molecule has 0 bridgehead atoms. The predicted octanol–water partition coefficient (Wildman–Crippen LogP) is 0.778. The van der Waals surface area contributed by atoms with Crippen molar-refractivity contribution < 1.29 is 84.8 Å². The monoisotopic (exact) mass is 926 g/mol. The molecule has 0 radical (unpaired) electrons. The molecular formula is C47H75NO17. The van der Waals surface area contributed by atoms with Crippen LogP contribution in [0.3, 0.4) is 0 Å². The quantitative estimate of drug-likeness (QED) is 0.174. The molecule has 18 nitrogen and oxygen atoms in total. The second-order valence-corrected chi connectivity index (χ2v) is 17.4. The average molecular weight is 926 g/mol. The summed E-state index contributed by atoms with van der Waals surface area (Å²) in [7, 11) is 0. The van der Waals surface area contributed by atoms with Gasteiger partial charge in [-0.25, -0.2) is 0 Å². The van der Waals surface area contributed by atoms with Crippen molar-refractivity contribution in [2.45, 2.75) is 184 Å². The Morgan fingerprint density at radius 3 is 1.83 bits per heavy atom. The Morgan fingerprint density at radius 2 is 1.18 bits per heavy atom. The third kappa shape index (κ3) is 21.4. The Balaban J connectivity index is 2.26. The van der Waals surface area contributed by atoms with Gasteiger partial charge in [0.25, 0.3) is 0 Å². The molecule has 0 aromatic heterocycles. The van der Waals surface area contributed by atoms with Crippen LogP contribution >= 0.6 is 0 Å². The number of ether oxygens (including phenoxy) is 3. The van der Waals surface area contributed by atoms with E-state index in [4.69, 9.17) is 19.9 Å². The molecule has 2 heterocycles. The van der Waals surface area contributed by atoms with Crippen LogP contribution < -0.4 is 5.73 Å². The highest BCUT2D eigenvalue weighted by atomic mass is 16.7. The van der Waals surface area contributed by atoms with Crippen LogP contribution in [0.25, 0.3) is 0 Å². The summed E-state index contributed by atoms with van der Waals surface area (Å²) in [6.07, 6.45) is 0.848. The number of carbonyl (C=O) groups excluding carboxylic acids is 2. The van der Waals surface area contributed by atoms with Gasteiger partial charge in [-0.3, -0.25) is 14.4 Å². The Kier molecular flexibility index (Phi) is 26.6. The fraction of sp³-hybridized carbons (Fsp3) is 0.681. The number of carbonyl (C=O) groups is 3. The molecule has 1 fully saturated rings. The summed E-state index contributed by atoms with van der Waals surface area (Å²) < 4.78 is 17.0. The highest BCUT2D eigenvalue weighted by molar-refractivity contribution is 5.81. The molecule has 0 saturated carbocycles. The third-order valence-electron chi connectivity index (χ3n) is 11.7. The molecule has 2 aliphatic heterocycles. The van der Waals surface area contributed by atoms with Gasteiger partial charge in [0, 0.05) is 31.1 Å². The van der Waals surface area contributed by atoms with Gasteiger partial charge in [-0.2, -0.15) is 0 Å². The highest BCUT2D eigenvalue weighted by Gasteiger charge is 2.43. The molecule has 0 aliphatic carbocycles. The minimum atomic E-state index is -1.95.